The van der Waals surface area contributed by atoms with Gasteiger partial charge in [0.1, 0.15) is 22.8 Å². The molecule has 0 aliphatic carbocycles. The molecule has 1 saturated heterocycles. The standard InChI is InChI=1S/C26H29N3O4/c1-18-23(17-30)29(20-14-15-28(16-20)25(31)33-26(2,3)4)27-24(18)19-10-12-22(13-11-19)32-21-8-6-5-7-9-21/h5-13,17,20H,14-16H2,1-4H3. The number of nitrogens with zero attached hydrogens (tertiary/aromatic N) is 3. The summed E-state index contributed by atoms with van der Waals surface area (Å²) < 4.78 is 13.1. The average molecular weight is 448 g/mol. The predicted molar refractivity (Wildman–Crippen MR) is 126 cm³/mol. The maximum atomic E-state index is 12.4. The summed E-state index contributed by atoms with van der Waals surface area (Å²) in [5.41, 5.74) is 2.45. The number of para-hydroxylation sites is 1. The van der Waals surface area contributed by atoms with Crippen LogP contribution in [0.25, 0.3) is 11.3 Å². The summed E-state index contributed by atoms with van der Waals surface area (Å²) in [7, 11) is 0. The first-order chi connectivity index (χ1) is 15.7. The van der Waals surface area contributed by atoms with Crippen molar-refractivity contribution in [2.75, 3.05) is 13.1 Å². The van der Waals surface area contributed by atoms with E-state index in [1.165, 1.54) is 0 Å². The van der Waals surface area contributed by atoms with Crippen molar-refractivity contribution in [3.8, 4) is 22.8 Å². The fourth-order valence-corrected chi connectivity index (χ4v) is 3.96. The molecule has 1 unspecified atom stereocenters. The van der Waals surface area contributed by atoms with E-state index in [4.69, 9.17) is 14.6 Å². The number of aldehydes is 1. The third-order valence-corrected chi connectivity index (χ3v) is 5.57. The summed E-state index contributed by atoms with van der Waals surface area (Å²) in [6.45, 7) is 8.47. The Labute approximate surface area is 193 Å². The van der Waals surface area contributed by atoms with Crippen LogP contribution in [0.2, 0.25) is 0 Å². The molecule has 1 atom stereocenters. The minimum Gasteiger partial charge on any atom is -0.457 e. The zero-order valence-corrected chi connectivity index (χ0v) is 19.4. The molecule has 33 heavy (non-hydrogen) atoms. The summed E-state index contributed by atoms with van der Waals surface area (Å²) in [6, 6.07) is 17.2. The Kier molecular flexibility index (Phi) is 6.22. The lowest BCUT2D eigenvalue weighted by molar-refractivity contribution is 0.0288. The molecule has 0 N–H and O–H groups in total. The Morgan fingerprint density at radius 2 is 1.73 bits per heavy atom. The van der Waals surface area contributed by atoms with Gasteiger partial charge in [0, 0.05) is 24.2 Å². The molecule has 3 aromatic rings. The van der Waals surface area contributed by atoms with Crippen molar-refractivity contribution in [3.05, 3.63) is 65.9 Å². The second kappa shape index (κ2) is 9.10. The molecule has 0 radical (unpaired) electrons. The number of hydrogen-bond acceptors (Lipinski definition) is 5. The third-order valence-electron chi connectivity index (χ3n) is 5.57. The number of aromatic nitrogens is 2. The average Bonchev–Trinajstić information content (AvgIpc) is 3.39. The minimum atomic E-state index is -0.547. The largest absolute Gasteiger partial charge is 0.457 e. The lowest BCUT2D eigenvalue weighted by atomic mass is 10.1. The van der Waals surface area contributed by atoms with Crippen LogP contribution < -0.4 is 4.74 Å². The zero-order chi connectivity index (χ0) is 23.6. The van der Waals surface area contributed by atoms with Crippen LogP contribution in [0.1, 0.15) is 49.3 Å². The van der Waals surface area contributed by atoms with Crippen LogP contribution in [0.4, 0.5) is 4.79 Å². The Morgan fingerprint density at radius 3 is 2.36 bits per heavy atom. The van der Waals surface area contributed by atoms with Crippen molar-refractivity contribution < 1.29 is 19.1 Å². The van der Waals surface area contributed by atoms with E-state index in [0.717, 1.165) is 34.6 Å². The van der Waals surface area contributed by atoms with Gasteiger partial charge < -0.3 is 14.4 Å². The molecule has 1 aromatic heterocycles. The molecule has 2 heterocycles. The van der Waals surface area contributed by atoms with E-state index in [0.29, 0.717) is 25.2 Å². The number of carbonyl (C=O) groups excluding carboxylic acids is 2. The first-order valence-corrected chi connectivity index (χ1v) is 11.1. The Bertz CT molecular complexity index is 1130. The van der Waals surface area contributed by atoms with E-state index in [1.807, 2.05) is 82.3 Å². The van der Waals surface area contributed by atoms with Crippen LogP contribution in [0.5, 0.6) is 11.5 Å². The van der Waals surface area contributed by atoms with E-state index in [9.17, 15) is 9.59 Å². The van der Waals surface area contributed by atoms with Gasteiger partial charge in [0.2, 0.25) is 0 Å². The van der Waals surface area contributed by atoms with Gasteiger partial charge in [0.25, 0.3) is 0 Å². The maximum absolute atomic E-state index is 12.4. The number of rotatable bonds is 5. The molecule has 0 bridgehead atoms. The normalized spacial score (nSPS) is 16.0. The van der Waals surface area contributed by atoms with Gasteiger partial charge in [-0.05, 0) is 70.5 Å². The minimum absolute atomic E-state index is 0.0779. The number of ether oxygens (including phenoxy) is 2. The predicted octanol–water partition coefficient (Wildman–Crippen LogP) is 5.65. The molecular formula is C26H29N3O4. The number of benzene rings is 2. The Morgan fingerprint density at radius 1 is 1.06 bits per heavy atom. The molecule has 4 rings (SSSR count). The molecular weight excluding hydrogens is 418 g/mol. The summed E-state index contributed by atoms with van der Waals surface area (Å²) in [4.78, 5) is 26.0. The molecule has 1 aliphatic rings. The molecule has 0 saturated carbocycles. The van der Waals surface area contributed by atoms with E-state index >= 15 is 0 Å². The highest BCUT2D eigenvalue weighted by Crippen LogP contribution is 2.31. The van der Waals surface area contributed by atoms with Gasteiger partial charge in [0.15, 0.2) is 6.29 Å². The summed E-state index contributed by atoms with van der Waals surface area (Å²) in [5, 5.41) is 4.78. The number of hydrogen-bond donors (Lipinski definition) is 0. The highest BCUT2D eigenvalue weighted by atomic mass is 16.6. The van der Waals surface area contributed by atoms with Gasteiger partial charge in [-0.15, -0.1) is 0 Å². The van der Waals surface area contributed by atoms with Gasteiger partial charge in [-0.25, -0.2) is 4.79 Å². The van der Waals surface area contributed by atoms with Gasteiger partial charge in [-0.2, -0.15) is 5.10 Å². The van der Waals surface area contributed by atoms with Crippen LogP contribution in [0, 0.1) is 6.92 Å². The van der Waals surface area contributed by atoms with Crippen LogP contribution in [-0.4, -0.2) is 45.8 Å². The molecule has 7 nitrogen and oxygen atoms in total. The van der Waals surface area contributed by atoms with Crippen LogP contribution >= 0.6 is 0 Å². The highest BCUT2D eigenvalue weighted by Gasteiger charge is 2.33. The van der Waals surface area contributed by atoms with E-state index in [-0.39, 0.29) is 12.1 Å². The Balaban J connectivity index is 1.53. The molecule has 0 spiro atoms. The lowest BCUT2D eigenvalue weighted by Gasteiger charge is -2.24. The van der Waals surface area contributed by atoms with Crippen molar-refractivity contribution in [3.63, 3.8) is 0 Å². The lowest BCUT2D eigenvalue weighted by Crippen LogP contribution is -2.35. The van der Waals surface area contributed by atoms with Crippen molar-refractivity contribution in [1.29, 1.82) is 0 Å². The van der Waals surface area contributed by atoms with E-state index < -0.39 is 5.60 Å². The fraction of sp³-hybridized carbons (Fsp3) is 0.346. The second-order valence-electron chi connectivity index (χ2n) is 9.23. The summed E-state index contributed by atoms with van der Waals surface area (Å²) >= 11 is 0. The number of likely N-dealkylation sites (tertiary alicyclic amines) is 1. The van der Waals surface area contributed by atoms with Crippen LogP contribution in [0.15, 0.2) is 54.6 Å². The van der Waals surface area contributed by atoms with Gasteiger partial charge >= 0.3 is 6.09 Å². The van der Waals surface area contributed by atoms with Crippen molar-refractivity contribution in [2.24, 2.45) is 0 Å². The summed E-state index contributed by atoms with van der Waals surface area (Å²) in [5.74, 6) is 1.49. The maximum Gasteiger partial charge on any atom is 0.410 e. The van der Waals surface area contributed by atoms with Crippen molar-refractivity contribution >= 4 is 12.4 Å². The molecule has 2 aromatic carbocycles. The van der Waals surface area contributed by atoms with Crippen molar-refractivity contribution in [2.45, 2.75) is 45.8 Å². The molecule has 172 valence electrons. The Hall–Kier alpha value is -3.61. The van der Waals surface area contributed by atoms with Gasteiger partial charge in [-0.3, -0.25) is 9.48 Å². The van der Waals surface area contributed by atoms with Crippen LogP contribution in [0.3, 0.4) is 0 Å². The highest BCUT2D eigenvalue weighted by molar-refractivity contribution is 5.80. The first-order valence-electron chi connectivity index (χ1n) is 11.1. The summed E-state index contributed by atoms with van der Waals surface area (Å²) in [6.07, 6.45) is 1.22. The van der Waals surface area contributed by atoms with Gasteiger partial charge in [0.05, 0.1) is 11.7 Å². The second-order valence-corrected chi connectivity index (χ2v) is 9.23. The SMILES string of the molecule is Cc1c(-c2ccc(Oc3ccccc3)cc2)nn(C2CCN(C(=O)OC(C)(C)C)C2)c1C=O. The third kappa shape index (κ3) is 5.08. The number of carbonyl (C=O) groups is 2. The molecule has 1 amide bonds. The smallest absolute Gasteiger partial charge is 0.410 e. The van der Waals surface area contributed by atoms with Crippen LogP contribution in [-0.2, 0) is 4.74 Å². The molecule has 7 heteroatoms. The topological polar surface area (TPSA) is 73.7 Å². The van der Waals surface area contributed by atoms with Crippen molar-refractivity contribution in [1.82, 2.24) is 14.7 Å². The zero-order valence-electron chi connectivity index (χ0n) is 19.4. The molecule has 1 aliphatic heterocycles. The quantitative estimate of drug-likeness (QED) is 0.473. The van der Waals surface area contributed by atoms with E-state index in [2.05, 4.69) is 0 Å². The van der Waals surface area contributed by atoms with Gasteiger partial charge in [-0.1, -0.05) is 18.2 Å². The monoisotopic (exact) mass is 447 g/mol. The van der Waals surface area contributed by atoms with E-state index in [1.54, 1.807) is 9.58 Å². The number of amides is 1. The molecule has 1 fully saturated rings. The fourth-order valence-electron chi connectivity index (χ4n) is 3.96. The first kappa shape index (κ1) is 22.6.